The molecule has 1 N–H and O–H groups in total. The summed E-state index contributed by atoms with van der Waals surface area (Å²) in [7, 11) is 3.08. The van der Waals surface area contributed by atoms with Gasteiger partial charge in [0, 0.05) is 0 Å². The van der Waals surface area contributed by atoms with E-state index < -0.39 is 30.7 Å². The Morgan fingerprint density at radius 1 is 0.605 bits per heavy atom. The average Bonchev–Trinajstić information content (AvgIpc) is 3.06. The highest BCUT2D eigenvalue weighted by molar-refractivity contribution is 5.51. The van der Waals surface area contributed by atoms with E-state index in [1.165, 1.54) is 0 Å². The maximum Gasteiger partial charge on any atom is 0.229 e. The molecule has 0 radical (unpaired) electrons. The fraction of sp³-hybridized carbons (Fsp3) is 0.314. The fourth-order valence-electron chi connectivity index (χ4n) is 4.97. The Kier molecular flexibility index (Phi) is 11.0. The number of para-hydroxylation sites is 1. The largest absolute Gasteiger partial charge is 0.493 e. The summed E-state index contributed by atoms with van der Waals surface area (Å²) in [6.45, 7) is 1.12. The maximum atomic E-state index is 11.7. The van der Waals surface area contributed by atoms with Crippen molar-refractivity contribution < 1.29 is 38.3 Å². The van der Waals surface area contributed by atoms with E-state index >= 15 is 0 Å². The molecule has 226 valence electrons. The molecule has 43 heavy (non-hydrogen) atoms. The molecule has 8 heteroatoms. The van der Waals surface area contributed by atoms with Crippen LogP contribution in [0.2, 0.25) is 0 Å². The van der Waals surface area contributed by atoms with E-state index in [0.717, 1.165) is 16.7 Å². The van der Waals surface area contributed by atoms with Gasteiger partial charge in [-0.3, -0.25) is 0 Å². The molecule has 1 fully saturated rings. The van der Waals surface area contributed by atoms with Gasteiger partial charge in [-0.2, -0.15) is 0 Å². The Labute approximate surface area is 252 Å². The van der Waals surface area contributed by atoms with Gasteiger partial charge in [0.05, 0.1) is 40.6 Å². The molecule has 4 aromatic rings. The highest BCUT2D eigenvalue weighted by Crippen LogP contribution is 2.39. The van der Waals surface area contributed by atoms with Crippen LogP contribution in [0, 0.1) is 0 Å². The number of methoxy groups -OCH3 is 2. The van der Waals surface area contributed by atoms with Crippen molar-refractivity contribution >= 4 is 0 Å². The lowest BCUT2D eigenvalue weighted by molar-refractivity contribution is -0.299. The molecule has 4 aromatic carbocycles. The van der Waals surface area contributed by atoms with E-state index in [0.29, 0.717) is 30.5 Å². The Hall–Kier alpha value is -3.92. The van der Waals surface area contributed by atoms with Crippen molar-refractivity contribution in [1.29, 1.82) is 0 Å². The highest BCUT2D eigenvalue weighted by atomic mass is 16.7. The van der Waals surface area contributed by atoms with Crippen LogP contribution in [0.5, 0.6) is 17.2 Å². The molecule has 0 bridgehead atoms. The summed E-state index contributed by atoms with van der Waals surface area (Å²) >= 11 is 0. The molecule has 5 atom stereocenters. The lowest BCUT2D eigenvalue weighted by atomic mass is 9.98. The molecule has 1 aliphatic heterocycles. The van der Waals surface area contributed by atoms with Gasteiger partial charge in [0.15, 0.2) is 11.5 Å². The van der Waals surface area contributed by atoms with Crippen LogP contribution < -0.4 is 14.2 Å². The summed E-state index contributed by atoms with van der Waals surface area (Å²) in [5.41, 5.74) is 2.98. The molecule has 1 heterocycles. The second-order valence-corrected chi connectivity index (χ2v) is 10.2. The average molecular weight is 587 g/mol. The third-order valence-corrected chi connectivity index (χ3v) is 7.20. The van der Waals surface area contributed by atoms with Crippen LogP contribution in [0.1, 0.15) is 16.7 Å². The number of aliphatic hydroxyl groups is 1. The molecular weight excluding hydrogens is 548 g/mol. The Morgan fingerprint density at radius 2 is 1.09 bits per heavy atom. The first-order valence-corrected chi connectivity index (χ1v) is 14.3. The molecule has 0 unspecified atom stereocenters. The Balaban J connectivity index is 1.42. The van der Waals surface area contributed by atoms with Crippen LogP contribution in [-0.4, -0.2) is 56.6 Å². The minimum Gasteiger partial charge on any atom is -0.493 e. The maximum absolute atomic E-state index is 11.7. The number of aliphatic hydroxyl groups excluding tert-OH is 1. The van der Waals surface area contributed by atoms with Gasteiger partial charge in [-0.1, -0.05) is 97.1 Å². The third kappa shape index (κ3) is 8.13. The van der Waals surface area contributed by atoms with Crippen molar-refractivity contribution in [2.75, 3.05) is 20.8 Å². The molecule has 1 aliphatic rings. The van der Waals surface area contributed by atoms with E-state index in [-0.39, 0.29) is 13.2 Å². The van der Waals surface area contributed by atoms with E-state index in [4.69, 9.17) is 33.2 Å². The SMILES string of the molecule is COc1cccc(OC)c1O[C@@H]1O[C@H](COCc2ccccc2)[C@@H](OCc2ccccc2)[C@H](OCc2ccccc2)[C@H]1O. The van der Waals surface area contributed by atoms with E-state index in [2.05, 4.69) is 0 Å². The van der Waals surface area contributed by atoms with Crippen LogP contribution in [0.25, 0.3) is 0 Å². The Morgan fingerprint density at radius 3 is 1.60 bits per heavy atom. The predicted molar refractivity (Wildman–Crippen MR) is 161 cm³/mol. The normalized spacial score (nSPS) is 21.7. The summed E-state index contributed by atoms with van der Waals surface area (Å²) in [6.07, 6.45) is -4.47. The number of benzene rings is 4. The summed E-state index contributed by atoms with van der Waals surface area (Å²) < 4.78 is 42.7. The predicted octanol–water partition coefficient (Wildman–Crippen LogP) is 5.56. The number of hydrogen-bond donors (Lipinski definition) is 1. The highest BCUT2D eigenvalue weighted by Gasteiger charge is 2.48. The summed E-state index contributed by atoms with van der Waals surface area (Å²) in [4.78, 5) is 0. The standard InChI is InChI=1S/C35H38O8/c1-37-28-19-12-20-29(38-2)32(28)43-35-31(36)34(41-23-27-17-10-5-11-18-27)33(40-22-26-15-8-4-9-16-26)30(42-35)24-39-21-25-13-6-3-7-14-25/h3-20,30-31,33-36H,21-24H2,1-2H3/t30-,31-,33-,34-,35+/m1/s1. The van der Waals surface area contributed by atoms with Gasteiger partial charge in [0.2, 0.25) is 12.0 Å². The molecule has 0 amide bonds. The van der Waals surface area contributed by atoms with Crippen LogP contribution >= 0.6 is 0 Å². The zero-order valence-electron chi connectivity index (χ0n) is 24.4. The van der Waals surface area contributed by atoms with Crippen molar-refractivity contribution in [2.45, 2.75) is 50.5 Å². The first kappa shape index (κ1) is 30.5. The third-order valence-electron chi connectivity index (χ3n) is 7.20. The van der Waals surface area contributed by atoms with Crippen LogP contribution in [0.15, 0.2) is 109 Å². The minimum atomic E-state index is -1.22. The zero-order chi connectivity index (χ0) is 29.9. The lowest BCUT2D eigenvalue weighted by Crippen LogP contribution is -2.61. The summed E-state index contributed by atoms with van der Waals surface area (Å²) in [5, 5.41) is 11.7. The quantitative estimate of drug-likeness (QED) is 0.206. The monoisotopic (exact) mass is 586 g/mol. The fourth-order valence-corrected chi connectivity index (χ4v) is 4.97. The first-order chi connectivity index (χ1) is 21.2. The first-order valence-electron chi connectivity index (χ1n) is 14.3. The van der Waals surface area contributed by atoms with Crippen molar-refractivity contribution in [1.82, 2.24) is 0 Å². The van der Waals surface area contributed by atoms with Gasteiger partial charge in [0.25, 0.3) is 0 Å². The lowest BCUT2D eigenvalue weighted by Gasteiger charge is -2.44. The molecular formula is C35H38O8. The second kappa shape index (κ2) is 15.5. The van der Waals surface area contributed by atoms with Crippen LogP contribution in [0.4, 0.5) is 0 Å². The zero-order valence-corrected chi connectivity index (χ0v) is 24.4. The minimum absolute atomic E-state index is 0.176. The smallest absolute Gasteiger partial charge is 0.229 e. The molecule has 0 spiro atoms. The van der Waals surface area contributed by atoms with Gasteiger partial charge in [-0.15, -0.1) is 0 Å². The number of ether oxygens (including phenoxy) is 7. The summed E-state index contributed by atoms with van der Waals surface area (Å²) in [5.74, 6) is 1.19. The van der Waals surface area contributed by atoms with Crippen LogP contribution in [-0.2, 0) is 38.8 Å². The van der Waals surface area contributed by atoms with Gasteiger partial charge in [-0.25, -0.2) is 0 Å². The van der Waals surface area contributed by atoms with Crippen LogP contribution in [0.3, 0.4) is 0 Å². The van der Waals surface area contributed by atoms with Crippen molar-refractivity contribution in [3.05, 3.63) is 126 Å². The van der Waals surface area contributed by atoms with E-state index in [1.54, 1.807) is 32.4 Å². The van der Waals surface area contributed by atoms with E-state index in [9.17, 15) is 5.11 Å². The Bertz CT molecular complexity index is 1350. The molecule has 0 aliphatic carbocycles. The van der Waals surface area contributed by atoms with E-state index in [1.807, 2.05) is 91.0 Å². The van der Waals surface area contributed by atoms with Gasteiger partial charge >= 0.3 is 0 Å². The molecule has 5 rings (SSSR count). The molecule has 0 aromatic heterocycles. The van der Waals surface area contributed by atoms with Gasteiger partial charge in [-0.05, 0) is 28.8 Å². The molecule has 8 nitrogen and oxygen atoms in total. The van der Waals surface area contributed by atoms with Crippen molar-refractivity contribution in [2.24, 2.45) is 0 Å². The van der Waals surface area contributed by atoms with Crippen molar-refractivity contribution in [3.63, 3.8) is 0 Å². The summed E-state index contributed by atoms with van der Waals surface area (Å²) in [6, 6.07) is 34.8. The van der Waals surface area contributed by atoms with Crippen molar-refractivity contribution in [3.8, 4) is 17.2 Å². The number of rotatable bonds is 14. The molecule has 1 saturated heterocycles. The second-order valence-electron chi connectivity index (χ2n) is 10.2. The molecule has 0 saturated carbocycles. The topological polar surface area (TPSA) is 84.8 Å². The number of hydrogen-bond acceptors (Lipinski definition) is 8. The van der Waals surface area contributed by atoms with Gasteiger partial charge in [0.1, 0.15) is 24.4 Å². The van der Waals surface area contributed by atoms with Gasteiger partial charge < -0.3 is 38.3 Å².